The molecule has 3 aromatic rings. The SMILES string of the molecule is Nc1nc(N2CCOCC2)nc2c1C(c1ccc(-c3ccn[nH]3)s1)CC(=O)N2. The summed E-state index contributed by atoms with van der Waals surface area (Å²) >= 11 is 1.61. The second-order valence-corrected chi connectivity index (χ2v) is 7.86. The van der Waals surface area contributed by atoms with Crippen LogP contribution in [0.15, 0.2) is 24.4 Å². The average Bonchev–Trinajstić information content (AvgIpc) is 3.39. The lowest BCUT2D eigenvalue weighted by atomic mass is 9.91. The maximum Gasteiger partial charge on any atom is 0.229 e. The van der Waals surface area contributed by atoms with Gasteiger partial charge < -0.3 is 20.7 Å². The molecule has 1 fully saturated rings. The highest BCUT2D eigenvalue weighted by molar-refractivity contribution is 7.15. The van der Waals surface area contributed by atoms with Crippen molar-refractivity contribution in [1.82, 2.24) is 20.2 Å². The van der Waals surface area contributed by atoms with Crippen LogP contribution in [0.2, 0.25) is 0 Å². The van der Waals surface area contributed by atoms with E-state index >= 15 is 0 Å². The number of anilines is 3. The quantitative estimate of drug-likeness (QED) is 0.616. The summed E-state index contributed by atoms with van der Waals surface area (Å²) in [6.07, 6.45) is 2.04. The zero-order chi connectivity index (χ0) is 19.1. The number of aromatic nitrogens is 4. The van der Waals surface area contributed by atoms with Gasteiger partial charge in [0.2, 0.25) is 11.9 Å². The molecule has 10 heteroatoms. The largest absolute Gasteiger partial charge is 0.383 e. The lowest BCUT2D eigenvalue weighted by Gasteiger charge is -2.30. The minimum absolute atomic E-state index is 0.0694. The molecule has 1 unspecified atom stereocenters. The number of aromatic amines is 1. The van der Waals surface area contributed by atoms with E-state index in [2.05, 4.69) is 25.5 Å². The lowest BCUT2D eigenvalue weighted by Crippen LogP contribution is -2.38. The van der Waals surface area contributed by atoms with Crippen LogP contribution in [0.3, 0.4) is 0 Å². The lowest BCUT2D eigenvalue weighted by molar-refractivity contribution is -0.116. The van der Waals surface area contributed by atoms with Crippen molar-refractivity contribution in [2.45, 2.75) is 12.3 Å². The van der Waals surface area contributed by atoms with Crippen molar-refractivity contribution in [3.05, 3.63) is 34.8 Å². The number of hydrogen-bond acceptors (Lipinski definition) is 8. The molecule has 5 rings (SSSR count). The highest BCUT2D eigenvalue weighted by Gasteiger charge is 2.32. The number of nitrogens with zero attached hydrogens (tertiary/aromatic N) is 4. The van der Waals surface area contributed by atoms with Gasteiger partial charge in [0, 0.05) is 42.1 Å². The zero-order valence-electron chi connectivity index (χ0n) is 15.0. The van der Waals surface area contributed by atoms with E-state index in [9.17, 15) is 4.79 Å². The Bertz CT molecular complexity index is 1010. The van der Waals surface area contributed by atoms with Crippen molar-refractivity contribution in [2.75, 3.05) is 42.3 Å². The first-order chi connectivity index (χ1) is 13.7. The molecule has 3 aromatic heterocycles. The van der Waals surface area contributed by atoms with E-state index in [1.807, 2.05) is 23.1 Å². The maximum absolute atomic E-state index is 12.4. The third-order valence-electron chi connectivity index (χ3n) is 4.99. The number of nitrogens with one attached hydrogen (secondary N) is 2. The molecule has 0 aliphatic carbocycles. The first kappa shape index (κ1) is 17.1. The Kier molecular flexibility index (Phi) is 4.21. The fraction of sp³-hybridized carbons (Fsp3) is 0.333. The normalized spacial score (nSPS) is 19.4. The number of thiophene rings is 1. The zero-order valence-corrected chi connectivity index (χ0v) is 15.8. The van der Waals surface area contributed by atoms with Gasteiger partial charge in [-0.3, -0.25) is 9.89 Å². The molecule has 0 aromatic carbocycles. The third kappa shape index (κ3) is 3.00. The van der Waals surface area contributed by atoms with Crippen LogP contribution < -0.4 is 16.0 Å². The van der Waals surface area contributed by atoms with Gasteiger partial charge >= 0.3 is 0 Å². The van der Waals surface area contributed by atoms with E-state index in [1.54, 1.807) is 17.5 Å². The molecule has 0 saturated carbocycles. The van der Waals surface area contributed by atoms with Crippen molar-refractivity contribution in [3.63, 3.8) is 0 Å². The molecule has 1 saturated heterocycles. The topological polar surface area (TPSA) is 122 Å². The minimum Gasteiger partial charge on any atom is -0.383 e. The summed E-state index contributed by atoms with van der Waals surface area (Å²) in [6.45, 7) is 2.66. The molecule has 2 aliphatic heterocycles. The number of fused-ring (bicyclic) bond motifs is 1. The van der Waals surface area contributed by atoms with Gasteiger partial charge in [-0.1, -0.05) is 0 Å². The molecule has 4 N–H and O–H groups in total. The predicted molar refractivity (Wildman–Crippen MR) is 106 cm³/mol. The summed E-state index contributed by atoms with van der Waals surface area (Å²) in [5.74, 6) is 1.22. The first-order valence-electron chi connectivity index (χ1n) is 9.08. The Labute approximate surface area is 164 Å². The number of morpholine rings is 1. The Hall–Kier alpha value is -2.98. The number of hydrogen-bond donors (Lipinski definition) is 3. The number of nitrogen functional groups attached to an aromatic ring is 1. The summed E-state index contributed by atoms with van der Waals surface area (Å²) in [5, 5.41) is 9.84. The number of ether oxygens (including phenoxy) is 1. The molecular formula is C18H19N7O2S. The molecule has 1 atom stereocenters. The number of H-pyrrole nitrogens is 1. The van der Waals surface area contributed by atoms with Crippen LogP contribution in [0.1, 0.15) is 22.8 Å². The molecule has 1 amide bonds. The Morgan fingerprint density at radius 1 is 1.21 bits per heavy atom. The number of rotatable bonds is 3. The van der Waals surface area contributed by atoms with Gasteiger partial charge in [0.1, 0.15) is 11.6 Å². The highest BCUT2D eigenvalue weighted by atomic mass is 32.1. The monoisotopic (exact) mass is 397 g/mol. The Morgan fingerprint density at radius 3 is 2.86 bits per heavy atom. The van der Waals surface area contributed by atoms with Gasteiger partial charge in [0.15, 0.2) is 0 Å². The van der Waals surface area contributed by atoms with Crippen LogP contribution in [-0.4, -0.2) is 52.4 Å². The van der Waals surface area contributed by atoms with Crippen LogP contribution in [-0.2, 0) is 9.53 Å². The second-order valence-electron chi connectivity index (χ2n) is 6.75. The maximum atomic E-state index is 12.4. The van der Waals surface area contributed by atoms with Crippen molar-refractivity contribution in [1.29, 1.82) is 0 Å². The van der Waals surface area contributed by atoms with Crippen LogP contribution >= 0.6 is 11.3 Å². The van der Waals surface area contributed by atoms with Gasteiger partial charge in [-0.25, -0.2) is 0 Å². The second kappa shape index (κ2) is 6.88. The van der Waals surface area contributed by atoms with Gasteiger partial charge in [0.05, 0.1) is 23.8 Å². The highest BCUT2D eigenvalue weighted by Crippen LogP contribution is 2.43. The molecular weight excluding hydrogens is 378 g/mol. The molecule has 28 heavy (non-hydrogen) atoms. The van der Waals surface area contributed by atoms with E-state index in [0.29, 0.717) is 50.3 Å². The van der Waals surface area contributed by atoms with E-state index in [1.165, 1.54) is 0 Å². The summed E-state index contributed by atoms with van der Waals surface area (Å²) in [4.78, 5) is 25.7. The van der Waals surface area contributed by atoms with E-state index in [0.717, 1.165) is 21.0 Å². The average molecular weight is 397 g/mol. The standard InChI is InChI=1S/C18H19N7O2S/c19-16-15-10(12-1-2-13(28-12)11-3-4-20-24-11)9-14(26)21-17(15)23-18(22-16)25-5-7-27-8-6-25/h1-4,10H,5-9H2,(H,20,24)(H3,19,21,22,23,26). The molecule has 0 radical (unpaired) electrons. The fourth-order valence-corrected chi connectivity index (χ4v) is 4.70. The first-order valence-corrected chi connectivity index (χ1v) is 9.90. The number of amides is 1. The van der Waals surface area contributed by atoms with Crippen molar-refractivity contribution in [2.24, 2.45) is 0 Å². The number of carbonyl (C=O) groups is 1. The van der Waals surface area contributed by atoms with Crippen LogP contribution in [0.4, 0.5) is 17.6 Å². The number of carbonyl (C=O) groups excluding carboxylic acids is 1. The van der Waals surface area contributed by atoms with Crippen molar-refractivity contribution < 1.29 is 9.53 Å². The summed E-state index contributed by atoms with van der Waals surface area (Å²) in [5.41, 5.74) is 8.09. The van der Waals surface area contributed by atoms with Gasteiger partial charge in [-0.15, -0.1) is 11.3 Å². The predicted octanol–water partition coefficient (Wildman–Crippen LogP) is 1.82. The van der Waals surface area contributed by atoms with Crippen LogP contribution in [0.25, 0.3) is 10.6 Å². The van der Waals surface area contributed by atoms with Crippen molar-refractivity contribution in [3.8, 4) is 10.6 Å². The summed E-state index contributed by atoms with van der Waals surface area (Å²) < 4.78 is 5.39. The third-order valence-corrected chi connectivity index (χ3v) is 6.22. The molecule has 0 bridgehead atoms. The smallest absolute Gasteiger partial charge is 0.229 e. The fourth-order valence-electron chi connectivity index (χ4n) is 3.61. The van der Waals surface area contributed by atoms with Crippen molar-refractivity contribution >= 4 is 34.8 Å². The van der Waals surface area contributed by atoms with Crippen LogP contribution in [0.5, 0.6) is 0 Å². The van der Waals surface area contributed by atoms with E-state index in [4.69, 9.17) is 10.5 Å². The summed E-state index contributed by atoms with van der Waals surface area (Å²) in [7, 11) is 0. The number of nitrogens with two attached hydrogens (primary N) is 1. The minimum atomic E-state index is -0.163. The Balaban J connectivity index is 1.53. The summed E-state index contributed by atoms with van der Waals surface area (Å²) in [6, 6.07) is 5.98. The molecule has 9 nitrogen and oxygen atoms in total. The molecule has 5 heterocycles. The molecule has 2 aliphatic rings. The van der Waals surface area contributed by atoms with Crippen LogP contribution in [0, 0.1) is 0 Å². The molecule has 144 valence electrons. The Morgan fingerprint density at radius 2 is 2.07 bits per heavy atom. The van der Waals surface area contributed by atoms with Gasteiger partial charge in [-0.05, 0) is 18.2 Å². The van der Waals surface area contributed by atoms with E-state index < -0.39 is 0 Å². The van der Waals surface area contributed by atoms with Gasteiger partial charge in [0.25, 0.3) is 0 Å². The molecule has 0 spiro atoms. The van der Waals surface area contributed by atoms with E-state index in [-0.39, 0.29) is 11.8 Å². The van der Waals surface area contributed by atoms with Gasteiger partial charge in [-0.2, -0.15) is 15.1 Å².